The Labute approximate surface area is 150 Å². The zero-order valence-electron chi connectivity index (χ0n) is 14.1. The minimum atomic E-state index is -1.06. The van der Waals surface area contributed by atoms with Crippen molar-refractivity contribution in [2.24, 2.45) is 0 Å². The van der Waals surface area contributed by atoms with Crippen LogP contribution < -0.4 is 4.74 Å². The molecule has 132 valence electrons. The van der Waals surface area contributed by atoms with Gasteiger partial charge in [0, 0.05) is 18.0 Å². The number of nitriles is 1. The second-order valence-electron chi connectivity index (χ2n) is 6.47. The minimum absolute atomic E-state index is 0.379. The van der Waals surface area contributed by atoms with Crippen molar-refractivity contribution in [2.75, 3.05) is 0 Å². The molecule has 1 aliphatic carbocycles. The number of rotatable bonds is 3. The van der Waals surface area contributed by atoms with E-state index in [4.69, 9.17) is 4.74 Å². The second-order valence-corrected chi connectivity index (χ2v) is 6.47. The Morgan fingerprint density at radius 3 is 2.81 bits per heavy atom. The number of hydrogen-bond acceptors (Lipinski definition) is 6. The van der Waals surface area contributed by atoms with Crippen LogP contribution in [-0.4, -0.2) is 43.1 Å². The van der Waals surface area contributed by atoms with Crippen LogP contribution in [0.1, 0.15) is 23.7 Å². The summed E-state index contributed by atoms with van der Waals surface area (Å²) in [5, 5.41) is 31.2. The Bertz CT molecular complexity index is 994. The molecule has 4 rings (SSSR count). The molecule has 1 aliphatic rings. The van der Waals surface area contributed by atoms with E-state index in [-0.39, 0.29) is 6.04 Å². The van der Waals surface area contributed by atoms with Gasteiger partial charge >= 0.3 is 0 Å². The Kier molecular flexibility index (Phi) is 4.07. The fraction of sp³-hybridized carbons (Fsp3) is 0.316. The number of aryl methyl sites for hydroxylation is 1. The molecule has 1 unspecified atom stereocenters. The Morgan fingerprint density at radius 2 is 2.00 bits per heavy atom. The van der Waals surface area contributed by atoms with Crippen LogP contribution in [0.3, 0.4) is 0 Å². The van der Waals surface area contributed by atoms with Gasteiger partial charge in [-0.05, 0) is 25.1 Å². The lowest BCUT2D eigenvalue weighted by molar-refractivity contribution is -0.0164. The quantitative estimate of drug-likeness (QED) is 0.745. The number of aliphatic hydroxyl groups is 2. The zero-order chi connectivity index (χ0) is 18.3. The molecule has 3 aromatic rings. The third-order valence-corrected chi connectivity index (χ3v) is 4.95. The van der Waals surface area contributed by atoms with E-state index in [0.717, 1.165) is 11.1 Å². The summed E-state index contributed by atoms with van der Waals surface area (Å²) in [6.45, 7) is 1.90. The smallest absolute Gasteiger partial charge is 0.143 e. The monoisotopic (exact) mass is 350 g/mol. The summed E-state index contributed by atoms with van der Waals surface area (Å²) in [6.07, 6.45) is 1.05. The first-order valence-corrected chi connectivity index (χ1v) is 8.40. The highest BCUT2D eigenvalue weighted by Crippen LogP contribution is 2.36. The Hall–Kier alpha value is -2.95. The predicted octanol–water partition coefficient (Wildman–Crippen LogP) is 1.73. The first-order chi connectivity index (χ1) is 12.6. The van der Waals surface area contributed by atoms with E-state index in [1.165, 1.54) is 6.33 Å². The lowest BCUT2D eigenvalue weighted by atomic mass is 10.2. The zero-order valence-corrected chi connectivity index (χ0v) is 14.1. The van der Waals surface area contributed by atoms with E-state index in [1.54, 1.807) is 24.3 Å². The maximum atomic E-state index is 10.6. The second kappa shape index (κ2) is 6.41. The number of aliphatic hydroxyl groups excluding tert-OH is 2. The van der Waals surface area contributed by atoms with Gasteiger partial charge in [0.1, 0.15) is 42.1 Å². The van der Waals surface area contributed by atoms with Crippen molar-refractivity contribution in [3.8, 4) is 11.8 Å². The van der Waals surface area contributed by atoms with Crippen LogP contribution in [-0.2, 0) is 0 Å². The summed E-state index contributed by atoms with van der Waals surface area (Å²) in [4.78, 5) is 8.50. The van der Waals surface area contributed by atoms with E-state index in [2.05, 4.69) is 16.0 Å². The van der Waals surface area contributed by atoms with Crippen LogP contribution in [0.4, 0.5) is 0 Å². The van der Waals surface area contributed by atoms with Gasteiger partial charge in [0.05, 0.1) is 17.3 Å². The highest BCUT2D eigenvalue weighted by molar-refractivity contribution is 5.78. The SMILES string of the molecule is Cc1ncnc2c1ccn2C1C[C@@H](Oc2ccccc2C#N)[C@H](O)[C@@H]1O. The molecule has 1 saturated carbocycles. The van der Waals surface area contributed by atoms with Gasteiger partial charge in [-0.25, -0.2) is 9.97 Å². The van der Waals surface area contributed by atoms with Crippen LogP contribution in [0.2, 0.25) is 0 Å². The molecule has 0 radical (unpaired) electrons. The summed E-state index contributed by atoms with van der Waals surface area (Å²) in [7, 11) is 0. The largest absolute Gasteiger partial charge is 0.486 e. The highest BCUT2D eigenvalue weighted by atomic mass is 16.5. The average Bonchev–Trinajstić information content (AvgIpc) is 3.20. The normalized spacial score (nSPS) is 25.3. The number of ether oxygens (including phenoxy) is 1. The van der Waals surface area contributed by atoms with Gasteiger partial charge in [0.25, 0.3) is 0 Å². The summed E-state index contributed by atoms with van der Waals surface area (Å²) in [5.41, 5.74) is 1.97. The lowest BCUT2D eigenvalue weighted by Gasteiger charge is -2.19. The fourth-order valence-electron chi connectivity index (χ4n) is 3.55. The van der Waals surface area contributed by atoms with Crippen molar-refractivity contribution in [3.05, 3.63) is 54.1 Å². The van der Waals surface area contributed by atoms with Crippen molar-refractivity contribution in [1.29, 1.82) is 5.26 Å². The van der Waals surface area contributed by atoms with Crippen molar-refractivity contribution < 1.29 is 14.9 Å². The lowest BCUT2D eigenvalue weighted by Crippen LogP contribution is -2.34. The third kappa shape index (κ3) is 2.60. The number of hydrogen-bond donors (Lipinski definition) is 2. The van der Waals surface area contributed by atoms with Crippen LogP contribution in [0.5, 0.6) is 5.75 Å². The first-order valence-electron chi connectivity index (χ1n) is 8.40. The van der Waals surface area contributed by atoms with Gasteiger partial charge in [-0.3, -0.25) is 0 Å². The molecular formula is C19H18N4O3. The van der Waals surface area contributed by atoms with Gasteiger partial charge in [0.15, 0.2) is 0 Å². The number of para-hydroxylation sites is 1. The van der Waals surface area contributed by atoms with Crippen LogP contribution >= 0.6 is 0 Å². The van der Waals surface area contributed by atoms with Gasteiger partial charge in [-0.2, -0.15) is 5.26 Å². The maximum Gasteiger partial charge on any atom is 0.143 e. The number of fused-ring (bicyclic) bond motifs is 1. The molecule has 0 amide bonds. The summed E-state index contributed by atoms with van der Waals surface area (Å²) >= 11 is 0. The van der Waals surface area contributed by atoms with Crippen molar-refractivity contribution >= 4 is 11.0 Å². The molecule has 0 spiro atoms. The summed E-state index contributed by atoms with van der Waals surface area (Å²) in [5.74, 6) is 0.405. The fourth-order valence-corrected chi connectivity index (χ4v) is 3.55. The Balaban J connectivity index is 1.64. The molecule has 7 heteroatoms. The van der Waals surface area contributed by atoms with Crippen LogP contribution in [0.15, 0.2) is 42.9 Å². The average molecular weight is 350 g/mol. The molecular weight excluding hydrogens is 332 g/mol. The summed E-state index contributed by atoms with van der Waals surface area (Å²) in [6, 6.07) is 10.5. The predicted molar refractivity (Wildman–Crippen MR) is 93.5 cm³/mol. The molecule has 7 nitrogen and oxygen atoms in total. The molecule has 26 heavy (non-hydrogen) atoms. The molecule has 0 saturated heterocycles. The molecule has 2 N–H and O–H groups in total. The van der Waals surface area contributed by atoms with Crippen LogP contribution in [0, 0.1) is 18.3 Å². The van der Waals surface area contributed by atoms with Gasteiger partial charge in [-0.1, -0.05) is 12.1 Å². The van der Waals surface area contributed by atoms with Gasteiger partial charge in [0.2, 0.25) is 0 Å². The van der Waals surface area contributed by atoms with Crippen molar-refractivity contribution in [3.63, 3.8) is 0 Å². The molecule has 4 atom stereocenters. The van der Waals surface area contributed by atoms with Gasteiger partial charge < -0.3 is 19.5 Å². The number of nitrogens with zero attached hydrogens (tertiary/aromatic N) is 4. The molecule has 1 fully saturated rings. The van der Waals surface area contributed by atoms with Gasteiger partial charge in [-0.15, -0.1) is 0 Å². The van der Waals surface area contributed by atoms with E-state index in [9.17, 15) is 15.5 Å². The van der Waals surface area contributed by atoms with Crippen molar-refractivity contribution in [2.45, 2.75) is 37.7 Å². The topological polar surface area (TPSA) is 104 Å². The number of aromatic nitrogens is 3. The molecule has 1 aromatic carbocycles. The first kappa shape index (κ1) is 16.5. The third-order valence-electron chi connectivity index (χ3n) is 4.95. The van der Waals surface area contributed by atoms with E-state index in [0.29, 0.717) is 23.4 Å². The standard InChI is InChI=1S/C19H18N4O3/c1-11-13-6-7-23(19(13)22-10-21-11)14-8-16(18(25)17(14)24)26-15-5-3-2-4-12(15)9-20/h2-7,10,14,16-18,24-25H,8H2,1H3/t14?,16-,17-,18+/m1/s1. The summed E-state index contributed by atoms with van der Waals surface area (Å²) < 4.78 is 7.72. The molecule has 2 aromatic heterocycles. The molecule has 2 heterocycles. The van der Waals surface area contributed by atoms with E-state index < -0.39 is 18.3 Å². The molecule has 0 bridgehead atoms. The van der Waals surface area contributed by atoms with E-state index >= 15 is 0 Å². The van der Waals surface area contributed by atoms with E-state index in [1.807, 2.05) is 23.8 Å². The molecule has 0 aliphatic heterocycles. The number of benzene rings is 1. The maximum absolute atomic E-state index is 10.6. The van der Waals surface area contributed by atoms with Crippen molar-refractivity contribution in [1.82, 2.24) is 14.5 Å². The minimum Gasteiger partial charge on any atom is -0.486 e. The highest BCUT2D eigenvalue weighted by Gasteiger charge is 2.44. The van der Waals surface area contributed by atoms with Crippen LogP contribution in [0.25, 0.3) is 11.0 Å². The Morgan fingerprint density at radius 1 is 1.19 bits per heavy atom.